The molecule has 2 saturated heterocycles. The SMILES string of the molecule is CC(C)N1CCC(c2ccc(Nc3ccc(-c4cc(Cl)c(O)c(Cl)c4)n4ccnc34)cc2)CC1.CC(C)N1CCN(c2ccc(Nc3ccc(-c4ccc(F)c(O)c4)n4ccnc34)cc2)CC1.O=C(NCCO)c1ccc(Nc2ccc(-c3cc[nH]c(=O)c3)n3ccnc23)cc1. The minimum absolute atomic E-state index is 0.0982. The van der Waals surface area contributed by atoms with Gasteiger partial charge in [0.1, 0.15) is 0 Å². The Kier molecular flexibility index (Phi) is 20.3. The number of amides is 1. The van der Waals surface area contributed by atoms with Gasteiger partial charge in [0.25, 0.3) is 5.91 Å². The molecule has 0 aliphatic carbocycles. The molecular formula is C74H75Cl2FN14O5. The third-order valence-corrected chi connectivity index (χ3v) is 18.1. The molecule has 2 fully saturated rings. The summed E-state index contributed by atoms with van der Waals surface area (Å²) in [7, 11) is 0. The monoisotopic (exact) mass is 1330 g/mol. The number of carbonyl (C=O) groups is 1. The lowest BCUT2D eigenvalue weighted by molar-refractivity contribution is 0.0944. The lowest BCUT2D eigenvalue weighted by Gasteiger charge is -2.38. The van der Waals surface area contributed by atoms with Crippen LogP contribution >= 0.6 is 23.2 Å². The van der Waals surface area contributed by atoms with E-state index in [1.54, 1.807) is 73.3 Å². The first-order valence-electron chi connectivity index (χ1n) is 32.0. The molecule has 0 spiro atoms. The maximum Gasteiger partial charge on any atom is 0.251 e. The van der Waals surface area contributed by atoms with Gasteiger partial charge in [0, 0.05) is 139 Å². The number of hydrogen-bond acceptors (Lipinski definition) is 14. The van der Waals surface area contributed by atoms with Gasteiger partial charge in [0.05, 0.1) is 50.8 Å². The second-order valence-corrected chi connectivity index (χ2v) is 25.1. The van der Waals surface area contributed by atoms with E-state index in [0.717, 1.165) is 99.8 Å². The number of pyridine rings is 4. The lowest BCUT2D eigenvalue weighted by atomic mass is 9.89. The van der Waals surface area contributed by atoms with Crippen LogP contribution in [0.1, 0.15) is 62.4 Å². The highest BCUT2D eigenvalue weighted by Crippen LogP contribution is 2.39. The first kappa shape index (κ1) is 65.8. The van der Waals surface area contributed by atoms with Crippen molar-refractivity contribution >= 4 is 85.9 Å². The Bertz CT molecular complexity index is 4710. The van der Waals surface area contributed by atoms with E-state index in [1.165, 1.54) is 49.3 Å². The van der Waals surface area contributed by atoms with Gasteiger partial charge in [-0.2, -0.15) is 0 Å². The summed E-state index contributed by atoms with van der Waals surface area (Å²) in [5.41, 5.74) is 15.5. The zero-order valence-corrected chi connectivity index (χ0v) is 55.1. The molecule has 12 aromatic rings. The summed E-state index contributed by atoms with van der Waals surface area (Å²) in [5, 5.41) is 41.8. The molecule has 1 amide bonds. The normalized spacial score (nSPS) is 13.8. The zero-order chi connectivity index (χ0) is 67.0. The minimum Gasteiger partial charge on any atom is -0.505 e. The van der Waals surface area contributed by atoms with Gasteiger partial charge in [0.15, 0.2) is 34.3 Å². The number of aliphatic hydroxyl groups is 1. The zero-order valence-electron chi connectivity index (χ0n) is 53.6. The number of hydrogen-bond donors (Lipinski definition) is 8. The molecule has 2 aliphatic heterocycles. The summed E-state index contributed by atoms with van der Waals surface area (Å²) in [6.45, 7) is 15.8. The van der Waals surface area contributed by atoms with Gasteiger partial charge in [-0.3, -0.25) is 27.7 Å². The highest BCUT2D eigenvalue weighted by molar-refractivity contribution is 6.37. The van der Waals surface area contributed by atoms with Crippen LogP contribution in [0.25, 0.3) is 50.7 Å². The van der Waals surface area contributed by atoms with Gasteiger partial charge in [-0.05, 0) is 199 Å². The van der Waals surface area contributed by atoms with Crippen LogP contribution in [-0.2, 0) is 0 Å². The van der Waals surface area contributed by atoms with Crippen molar-refractivity contribution in [2.75, 3.05) is 73.3 Å². The molecule has 14 rings (SSSR count). The van der Waals surface area contributed by atoms with Crippen LogP contribution in [-0.4, -0.2) is 129 Å². The Balaban J connectivity index is 0.000000138. The largest absolute Gasteiger partial charge is 0.505 e. The van der Waals surface area contributed by atoms with E-state index in [0.29, 0.717) is 34.8 Å². The van der Waals surface area contributed by atoms with E-state index in [-0.39, 0.29) is 46.2 Å². The molecular weight excluding hydrogens is 1250 g/mol. The van der Waals surface area contributed by atoms with Gasteiger partial charge in [-0.15, -0.1) is 0 Å². The number of aliphatic hydroxyl groups excluding tert-OH is 1. The maximum atomic E-state index is 13.5. The number of phenolic OH excluding ortho intramolecular Hbond substituents is 2. The third-order valence-electron chi connectivity index (χ3n) is 17.6. The number of aromatic amines is 1. The number of phenols is 2. The number of anilines is 7. The fourth-order valence-corrected chi connectivity index (χ4v) is 12.8. The fourth-order valence-electron chi connectivity index (χ4n) is 12.3. The number of aromatic nitrogens is 7. The molecule has 7 aromatic heterocycles. The van der Waals surface area contributed by atoms with Crippen LogP contribution in [0, 0.1) is 5.82 Å². The number of fused-ring (bicyclic) bond motifs is 3. The molecule has 0 radical (unpaired) electrons. The van der Waals surface area contributed by atoms with Gasteiger partial charge < -0.3 is 51.4 Å². The number of likely N-dealkylation sites (tertiary alicyclic amines) is 1. The fraction of sp³-hybridized carbons (Fsp3) is 0.230. The number of benzene rings is 5. The highest BCUT2D eigenvalue weighted by atomic mass is 35.5. The van der Waals surface area contributed by atoms with Crippen molar-refractivity contribution < 1.29 is 24.5 Å². The molecule has 0 bridgehead atoms. The number of imidazole rings is 3. The number of carbonyl (C=O) groups excluding carboxylic acids is 1. The molecule has 0 saturated carbocycles. The number of H-pyrrole nitrogens is 1. The number of nitrogens with zero attached hydrogens (tertiary/aromatic N) is 9. The third kappa shape index (κ3) is 15.0. The van der Waals surface area contributed by atoms with E-state index < -0.39 is 5.82 Å². The molecule has 8 N–H and O–H groups in total. The summed E-state index contributed by atoms with van der Waals surface area (Å²) in [4.78, 5) is 47.2. The Morgan fingerprint density at radius 1 is 0.573 bits per heavy atom. The summed E-state index contributed by atoms with van der Waals surface area (Å²) in [6.07, 6.45) is 14.8. The second kappa shape index (κ2) is 29.6. The number of halogens is 3. The van der Waals surface area contributed by atoms with Crippen LogP contribution in [0.3, 0.4) is 0 Å². The van der Waals surface area contributed by atoms with Crippen LogP contribution in [0.4, 0.5) is 44.2 Å². The molecule has 96 heavy (non-hydrogen) atoms. The van der Waals surface area contributed by atoms with Crippen molar-refractivity contribution in [1.29, 1.82) is 0 Å². The molecule has 5 aromatic carbocycles. The number of piperazine rings is 1. The van der Waals surface area contributed by atoms with Crippen molar-refractivity contribution in [3.63, 3.8) is 0 Å². The summed E-state index contributed by atoms with van der Waals surface area (Å²) < 4.78 is 19.3. The van der Waals surface area contributed by atoms with Gasteiger partial charge >= 0.3 is 0 Å². The first-order chi connectivity index (χ1) is 46.5. The standard InChI is InChI=1S/C27H28Cl2N4O.C26H28FN5O.C21H19N5O3/c1-17(2)32-12-9-19(10-13-32)18-3-5-21(6-4-18)31-24-7-8-25(33-14-11-30-27(24)33)20-15-22(28)26(34)23(29)16-20;1-18(2)30-13-15-31(16-14-30)21-6-4-20(5-7-21)29-23-9-10-24(32-12-11-28-26(23)32)19-3-8-22(27)25(33)17-19;27-12-10-24-21(29)14-1-3-16(4-2-14)25-17-5-6-18(26-11-9-23-20(17)26)15-7-8-22-19(28)13-15/h3-8,11,14-17,19,31,34H,9-10,12-13H2,1-2H3;3-12,17-18,29,33H,13-16H2,1-2H3;1-9,11,13,25,27H,10,12H2,(H,22,28)(H,24,29). The van der Waals surface area contributed by atoms with Gasteiger partial charge in [-0.25, -0.2) is 19.3 Å². The molecule has 2 aliphatic rings. The average Bonchev–Trinajstić information content (AvgIpc) is 1.54. The van der Waals surface area contributed by atoms with Crippen molar-refractivity contribution in [3.05, 3.63) is 232 Å². The summed E-state index contributed by atoms with van der Waals surface area (Å²) in [5.74, 6) is -0.714. The van der Waals surface area contributed by atoms with Crippen molar-refractivity contribution in [2.24, 2.45) is 0 Å². The molecule has 22 heteroatoms. The Labute approximate surface area is 565 Å². The smallest absolute Gasteiger partial charge is 0.251 e. The summed E-state index contributed by atoms with van der Waals surface area (Å²) >= 11 is 12.3. The van der Waals surface area contributed by atoms with Crippen molar-refractivity contribution in [2.45, 2.75) is 58.5 Å². The lowest BCUT2D eigenvalue weighted by Crippen LogP contribution is -2.48. The van der Waals surface area contributed by atoms with Crippen molar-refractivity contribution in [3.8, 4) is 45.3 Å². The number of nitrogens with one attached hydrogen (secondary N) is 5. The molecule has 492 valence electrons. The first-order valence-corrected chi connectivity index (χ1v) is 32.8. The number of piperidine rings is 1. The van der Waals surface area contributed by atoms with Gasteiger partial charge in [-0.1, -0.05) is 35.3 Å². The quantitative estimate of drug-likeness (QED) is 0.0451. The number of aromatic hydroxyl groups is 2. The molecule has 9 heterocycles. The Morgan fingerprint density at radius 3 is 1.52 bits per heavy atom. The van der Waals surface area contributed by atoms with Crippen molar-refractivity contribution in [1.82, 2.24) is 48.3 Å². The van der Waals surface area contributed by atoms with E-state index in [1.807, 2.05) is 74.3 Å². The predicted molar refractivity (Wildman–Crippen MR) is 382 cm³/mol. The van der Waals surface area contributed by atoms with E-state index in [4.69, 9.17) is 28.3 Å². The predicted octanol–water partition coefficient (Wildman–Crippen LogP) is 14.6. The van der Waals surface area contributed by atoms with E-state index in [2.05, 4.69) is 132 Å². The molecule has 0 unspecified atom stereocenters. The average molecular weight is 1330 g/mol. The van der Waals surface area contributed by atoms with E-state index >= 15 is 0 Å². The van der Waals surface area contributed by atoms with E-state index in [9.17, 15) is 24.2 Å². The summed E-state index contributed by atoms with van der Waals surface area (Å²) in [6, 6.07) is 48.4. The molecule has 19 nitrogen and oxygen atoms in total. The van der Waals surface area contributed by atoms with Crippen LogP contribution in [0.5, 0.6) is 11.5 Å². The second-order valence-electron chi connectivity index (χ2n) is 24.3. The number of rotatable bonds is 16. The highest BCUT2D eigenvalue weighted by Gasteiger charge is 2.24. The van der Waals surface area contributed by atoms with Crippen LogP contribution in [0.15, 0.2) is 200 Å². The van der Waals surface area contributed by atoms with Crippen LogP contribution < -0.4 is 31.7 Å². The van der Waals surface area contributed by atoms with Crippen LogP contribution in [0.2, 0.25) is 10.0 Å². The maximum absolute atomic E-state index is 13.5. The van der Waals surface area contributed by atoms with Gasteiger partial charge in [0.2, 0.25) is 5.56 Å². The molecule has 0 atom stereocenters. The Morgan fingerprint density at radius 2 is 1.04 bits per heavy atom. The Hall–Kier alpha value is -10.2. The minimum atomic E-state index is -0.635. The topological polar surface area (TPSA) is 220 Å².